The first-order valence-electron chi connectivity index (χ1n) is 6.68. The molecule has 0 bridgehead atoms. The smallest absolute Gasteiger partial charge is 0.123 e. The van der Waals surface area contributed by atoms with Crippen LogP contribution in [0.5, 0.6) is 0 Å². The molecule has 0 aliphatic rings. The van der Waals surface area contributed by atoms with E-state index in [9.17, 15) is 4.39 Å². The van der Waals surface area contributed by atoms with Crippen LogP contribution in [0.2, 0.25) is 0 Å². The molecule has 2 rings (SSSR count). The fraction of sp³-hybridized carbons (Fsp3) is 0.167. The van der Waals surface area contributed by atoms with E-state index in [0.29, 0.717) is 5.92 Å². The minimum Gasteiger partial charge on any atom is -0.260 e. The Kier molecular flexibility index (Phi) is 4.83. The normalized spacial score (nSPS) is 10.5. The minimum atomic E-state index is -0.234. The summed E-state index contributed by atoms with van der Waals surface area (Å²) in [6.45, 7) is 7.56. The lowest BCUT2D eigenvalue weighted by Crippen LogP contribution is -1.99. The number of allylic oxidation sites excluding steroid dienone is 2. The quantitative estimate of drug-likeness (QED) is 0.662. The summed E-state index contributed by atoms with van der Waals surface area (Å²) >= 11 is 0. The third-order valence-electron chi connectivity index (χ3n) is 3.26. The Bertz CT molecular complexity index is 577. The van der Waals surface area contributed by atoms with Crippen LogP contribution in [0.15, 0.2) is 67.9 Å². The van der Waals surface area contributed by atoms with Crippen LogP contribution in [0.3, 0.4) is 0 Å². The van der Waals surface area contributed by atoms with Crippen molar-refractivity contribution in [2.75, 3.05) is 0 Å². The lowest BCUT2D eigenvalue weighted by Gasteiger charge is -2.12. The van der Waals surface area contributed by atoms with Crippen LogP contribution in [0.25, 0.3) is 11.1 Å². The van der Waals surface area contributed by atoms with Gasteiger partial charge in [0.25, 0.3) is 0 Å². The first-order chi connectivity index (χ1) is 9.74. The van der Waals surface area contributed by atoms with Gasteiger partial charge in [0.1, 0.15) is 5.82 Å². The van der Waals surface area contributed by atoms with E-state index in [4.69, 9.17) is 0 Å². The minimum absolute atomic E-state index is 0.234. The van der Waals surface area contributed by atoms with Crippen LogP contribution in [-0.4, -0.2) is 4.98 Å². The number of nitrogens with zero attached hydrogens (tertiary/aromatic N) is 1. The second-order valence-electron chi connectivity index (χ2n) is 4.73. The third-order valence-corrected chi connectivity index (χ3v) is 3.26. The molecule has 20 heavy (non-hydrogen) atoms. The molecular weight excluding hydrogens is 249 g/mol. The largest absolute Gasteiger partial charge is 0.260 e. The van der Waals surface area contributed by atoms with Crippen molar-refractivity contribution in [1.29, 1.82) is 0 Å². The molecule has 0 spiro atoms. The van der Waals surface area contributed by atoms with Gasteiger partial charge in [0.15, 0.2) is 0 Å². The molecule has 1 aromatic heterocycles. The number of hydrogen-bond donors (Lipinski definition) is 0. The predicted molar refractivity (Wildman–Crippen MR) is 82.0 cm³/mol. The SMILES string of the molecule is C=CCC(CC=C)c1ccc(-c2cccc(F)c2)cn1. The average Bonchev–Trinajstić information content (AvgIpc) is 2.47. The first-order valence-corrected chi connectivity index (χ1v) is 6.68. The number of aromatic nitrogens is 1. The van der Waals surface area contributed by atoms with Gasteiger partial charge >= 0.3 is 0 Å². The van der Waals surface area contributed by atoms with Gasteiger partial charge in [0, 0.05) is 23.4 Å². The fourth-order valence-electron chi connectivity index (χ4n) is 2.23. The van der Waals surface area contributed by atoms with Crippen molar-refractivity contribution >= 4 is 0 Å². The molecule has 1 heterocycles. The summed E-state index contributed by atoms with van der Waals surface area (Å²) in [5.74, 6) is 0.0781. The molecule has 0 saturated heterocycles. The van der Waals surface area contributed by atoms with Crippen LogP contribution >= 0.6 is 0 Å². The molecule has 1 nitrogen and oxygen atoms in total. The molecule has 0 radical (unpaired) electrons. The maximum absolute atomic E-state index is 13.2. The lowest BCUT2D eigenvalue weighted by molar-refractivity contribution is 0.628. The van der Waals surface area contributed by atoms with E-state index in [0.717, 1.165) is 29.7 Å². The Labute approximate surface area is 119 Å². The van der Waals surface area contributed by atoms with Gasteiger partial charge in [-0.25, -0.2) is 4.39 Å². The molecule has 0 unspecified atom stereocenters. The van der Waals surface area contributed by atoms with Gasteiger partial charge in [-0.3, -0.25) is 4.98 Å². The van der Waals surface area contributed by atoms with Crippen LogP contribution in [0.1, 0.15) is 24.5 Å². The Hall–Kier alpha value is -2.22. The zero-order valence-electron chi connectivity index (χ0n) is 11.4. The molecule has 1 aromatic carbocycles. The van der Waals surface area contributed by atoms with Crippen LogP contribution < -0.4 is 0 Å². The standard InChI is InChI=1S/C18H18FN/c1-3-6-14(7-4-2)18-11-10-16(13-20-18)15-8-5-9-17(19)12-15/h3-5,8-14H,1-2,6-7H2. The number of rotatable bonds is 6. The van der Waals surface area contributed by atoms with E-state index < -0.39 is 0 Å². The van der Waals surface area contributed by atoms with E-state index in [1.54, 1.807) is 12.3 Å². The monoisotopic (exact) mass is 267 g/mol. The summed E-state index contributed by atoms with van der Waals surface area (Å²) in [5, 5.41) is 0. The highest BCUT2D eigenvalue weighted by atomic mass is 19.1. The van der Waals surface area contributed by atoms with Gasteiger partial charge in [-0.1, -0.05) is 30.4 Å². The van der Waals surface area contributed by atoms with E-state index in [1.165, 1.54) is 12.1 Å². The Balaban J connectivity index is 2.24. The highest BCUT2D eigenvalue weighted by Gasteiger charge is 2.10. The third kappa shape index (κ3) is 3.41. The van der Waals surface area contributed by atoms with Crippen molar-refractivity contribution in [2.45, 2.75) is 18.8 Å². The highest BCUT2D eigenvalue weighted by Crippen LogP contribution is 2.25. The van der Waals surface area contributed by atoms with E-state index in [2.05, 4.69) is 18.1 Å². The zero-order valence-corrected chi connectivity index (χ0v) is 11.4. The summed E-state index contributed by atoms with van der Waals surface area (Å²) in [7, 11) is 0. The van der Waals surface area contributed by atoms with Crippen molar-refractivity contribution in [2.24, 2.45) is 0 Å². The molecule has 2 heteroatoms. The van der Waals surface area contributed by atoms with Crippen LogP contribution in [0, 0.1) is 5.82 Å². The average molecular weight is 267 g/mol. The van der Waals surface area contributed by atoms with Crippen LogP contribution in [-0.2, 0) is 0 Å². The molecule has 0 N–H and O–H groups in total. The maximum Gasteiger partial charge on any atom is 0.123 e. The van der Waals surface area contributed by atoms with Gasteiger partial charge in [-0.05, 0) is 36.6 Å². The number of pyridine rings is 1. The first kappa shape index (κ1) is 14.2. The van der Waals surface area contributed by atoms with Crippen molar-refractivity contribution < 1.29 is 4.39 Å². The molecule has 2 aromatic rings. The van der Waals surface area contributed by atoms with Gasteiger partial charge in [-0.15, -0.1) is 13.2 Å². The van der Waals surface area contributed by atoms with Crippen LogP contribution in [0.4, 0.5) is 4.39 Å². The molecule has 0 atom stereocenters. The predicted octanol–water partition coefficient (Wildman–Crippen LogP) is 5.12. The van der Waals surface area contributed by atoms with E-state index in [1.807, 2.05) is 30.4 Å². The number of halogens is 1. The molecule has 0 aliphatic carbocycles. The maximum atomic E-state index is 13.2. The second kappa shape index (κ2) is 6.80. The molecule has 0 fully saturated rings. The lowest BCUT2D eigenvalue weighted by atomic mass is 9.96. The van der Waals surface area contributed by atoms with Crippen molar-refractivity contribution in [3.05, 3.63) is 79.4 Å². The second-order valence-corrected chi connectivity index (χ2v) is 4.73. The number of hydrogen-bond acceptors (Lipinski definition) is 1. The van der Waals surface area contributed by atoms with Crippen molar-refractivity contribution in [3.8, 4) is 11.1 Å². The van der Waals surface area contributed by atoms with E-state index in [-0.39, 0.29) is 5.82 Å². The summed E-state index contributed by atoms with van der Waals surface area (Å²) < 4.78 is 13.2. The molecule has 102 valence electrons. The molecular formula is C18H18FN. The fourth-order valence-corrected chi connectivity index (χ4v) is 2.23. The Morgan fingerprint density at radius 2 is 1.80 bits per heavy atom. The highest BCUT2D eigenvalue weighted by molar-refractivity contribution is 5.62. The molecule has 0 aliphatic heterocycles. The Morgan fingerprint density at radius 3 is 2.35 bits per heavy atom. The summed E-state index contributed by atoms with van der Waals surface area (Å²) in [6, 6.07) is 10.5. The summed E-state index contributed by atoms with van der Waals surface area (Å²) in [4.78, 5) is 4.50. The topological polar surface area (TPSA) is 12.9 Å². The summed E-state index contributed by atoms with van der Waals surface area (Å²) in [5.41, 5.74) is 2.78. The van der Waals surface area contributed by atoms with Gasteiger partial charge in [0.05, 0.1) is 0 Å². The molecule has 0 saturated carbocycles. The molecule has 0 amide bonds. The zero-order chi connectivity index (χ0) is 14.4. The van der Waals surface area contributed by atoms with E-state index >= 15 is 0 Å². The Morgan fingerprint density at radius 1 is 1.05 bits per heavy atom. The van der Waals surface area contributed by atoms with Crippen molar-refractivity contribution in [3.63, 3.8) is 0 Å². The van der Waals surface area contributed by atoms with Gasteiger partial charge in [-0.2, -0.15) is 0 Å². The van der Waals surface area contributed by atoms with Crippen molar-refractivity contribution in [1.82, 2.24) is 4.98 Å². The van der Waals surface area contributed by atoms with Gasteiger partial charge < -0.3 is 0 Å². The van der Waals surface area contributed by atoms with Gasteiger partial charge in [0.2, 0.25) is 0 Å². The summed E-state index contributed by atoms with van der Waals surface area (Å²) in [6.07, 6.45) is 7.34. The number of benzene rings is 1.